The molecule has 1 saturated heterocycles. The van der Waals surface area contributed by atoms with Gasteiger partial charge in [-0.1, -0.05) is 6.92 Å². The molecule has 0 saturated carbocycles. The Labute approximate surface area is 116 Å². The number of carboxylic acid groups (broad SMARTS) is 1. The number of nitrogens with one attached hydrogen (secondary N) is 1. The Balaban J connectivity index is 2.42. The van der Waals surface area contributed by atoms with Crippen LogP contribution in [0, 0.1) is 0 Å². The van der Waals surface area contributed by atoms with Gasteiger partial charge in [0, 0.05) is 19.6 Å². The third kappa shape index (κ3) is 5.89. The molecule has 5 heteroatoms. The second-order valence-electron chi connectivity index (χ2n) is 6.06. The first-order valence-electron chi connectivity index (χ1n) is 7.20. The van der Waals surface area contributed by atoms with E-state index in [0.717, 1.165) is 32.6 Å². The Morgan fingerprint density at radius 2 is 2.26 bits per heavy atom. The number of carboxylic acids is 1. The molecule has 2 N–H and O–H groups in total. The highest BCUT2D eigenvalue weighted by Gasteiger charge is 2.31. The molecule has 2 unspecified atom stereocenters. The molecule has 1 fully saturated rings. The third-order valence-corrected chi connectivity index (χ3v) is 3.31. The normalized spacial score (nSPS) is 25.2. The van der Waals surface area contributed by atoms with Crippen LogP contribution in [0.2, 0.25) is 0 Å². The Morgan fingerprint density at radius 3 is 2.79 bits per heavy atom. The van der Waals surface area contributed by atoms with Crippen LogP contribution in [0.25, 0.3) is 0 Å². The van der Waals surface area contributed by atoms with Crippen molar-refractivity contribution in [2.24, 2.45) is 0 Å². The van der Waals surface area contributed by atoms with Crippen LogP contribution in [0.3, 0.4) is 0 Å². The molecular formula is C14H28N2O3. The summed E-state index contributed by atoms with van der Waals surface area (Å²) in [4.78, 5) is 13.5. The minimum absolute atomic E-state index is 0.146. The predicted octanol–water partition coefficient (Wildman–Crippen LogP) is 1.33. The molecule has 1 aliphatic heterocycles. The van der Waals surface area contributed by atoms with Crippen molar-refractivity contribution in [1.29, 1.82) is 0 Å². The van der Waals surface area contributed by atoms with E-state index in [1.165, 1.54) is 0 Å². The SMILES string of the molecule is CCCNC(CCN1CC(C)OC(C)(C)C1)C(=O)O. The van der Waals surface area contributed by atoms with Crippen LogP contribution in [0.5, 0.6) is 0 Å². The van der Waals surface area contributed by atoms with Gasteiger partial charge in [-0.25, -0.2) is 0 Å². The van der Waals surface area contributed by atoms with Crippen molar-refractivity contribution in [3.63, 3.8) is 0 Å². The average molecular weight is 272 g/mol. The quantitative estimate of drug-likeness (QED) is 0.732. The molecule has 0 bridgehead atoms. The van der Waals surface area contributed by atoms with Gasteiger partial charge in [0.05, 0.1) is 11.7 Å². The van der Waals surface area contributed by atoms with Crippen molar-refractivity contribution >= 4 is 5.97 Å². The first kappa shape index (κ1) is 16.4. The highest BCUT2D eigenvalue weighted by molar-refractivity contribution is 5.73. The van der Waals surface area contributed by atoms with Crippen molar-refractivity contribution in [3.8, 4) is 0 Å². The molecule has 0 spiro atoms. The molecule has 2 atom stereocenters. The summed E-state index contributed by atoms with van der Waals surface area (Å²) in [7, 11) is 0. The lowest BCUT2D eigenvalue weighted by atomic mass is 10.0. The first-order valence-corrected chi connectivity index (χ1v) is 7.20. The van der Waals surface area contributed by atoms with E-state index in [2.05, 4.69) is 31.0 Å². The van der Waals surface area contributed by atoms with E-state index in [-0.39, 0.29) is 11.7 Å². The van der Waals surface area contributed by atoms with Gasteiger partial charge in [0.2, 0.25) is 0 Å². The molecule has 1 aliphatic rings. The largest absolute Gasteiger partial charge is 0.480 e. The first-order chi connectivity index (χ1) is 8.84. The summed E-state index contributed by atoms with van der Waals surface area (Å²) in [6, 6.07) is -0.443. The van der Waals surface area contributed by atoms with Gasteiger partial charge in [-0.05, 0) is 40.2 Å². The van der Waals surface area contributed by atoms with Gasteiger partial charge in [0.25, 0.3) is 0 Å². The molecule has 0 aromatic carbocycles. The second kappa shape index (κ2) is 7.22. The van der Waals surface area contributed by atoms with Crippen LogP contribution in [0.4, 0.5) is 0 Å². The average Bonchev–Trinajstić information content (AvgIpc) is 2.25. The third-order valence-electron chi connectivity index (χ3n) is 3.31. The van der Waals surface area contributed by atoms with Crippen LogP contribution >= 0.6 is 0 Å². The zero-order valence-electron chi connectivity index (χ0n) is 12.6. The summed E-state index contributed by atoms with van der Waals surface area (Å²) in [5, 5.41) is 12.3. The maximum atomic E-state index is 11.2. The van der Waals surface area contributed by atoms with E-state index in [1.807, 2.05) is 6.92 Å². The fraction of sp³-hybridized carbons (Fsp3) is 0.929. The number of aliphatic carboxylic acids is 1. The standard InChI is InChI=1S/C14H28N2O3/c1-5-7-15-12(13(17)18)6-8-16-9-11(2)19-14(3,4)10-16/h11-12,15H,5-10H2,1-4H3,(H,17,18). The highest BCUT2D eigenvalue weighted by Crippen LogP contribution is 2.20. The summed E-state index contributed by atoms with van der Waals surface area (Å²) in [5.41, 5.74) is -0.146. The minimum atomic E-state index is -0.756. The van der Waals surface area contributed by atoms with Crippen LogP contribution < -0.4 is 5.32 Å². The molecule has 0 amide bonds. The van der Waals surface area contributed by atoms with Gasteiger partial charge >= 0.3 is 5.97 Å². The van der Waals surface area contributed by atoms with E-state index in [4.69, 9.17) is 4.74 Å². The number of nitrogens with zero attached hydrogens (tertiary/aromatic N) is 1. The molecular weight excluding hydrogens is 244 g/mol. The number of carbonyl (C=O) groups is 1. The summed E-state index contributed by atoms with van der Waals surface area (Å²) in [6.45, 7) is 11.6. The lowest BCUT2D eigenvalue weighted by Crippen LogP contribution is -2.53. The summed E-state index contributed by atoms with van der Waals surface area (Å²) in [5.74, 6) is -0.756. The van der Waals surface area contributed by atoms with Crippen molar-refractivity contribution in [2.45, 2.75) is 58.3 Å². The van der Waals surface area contributed by atoms with Gasteiger partial charge in [-0.3, -0.25) is 9.69 Å². The van der Waals surface area contributed by atoms with Gasteiger partial charge in [0.15, 0.2) is 0 Å². The molecule has 0 aromatic rings. The van der Waals surface area contributed by atoms with Gasteiger partial charge < -0.3 is 15.2 Å². The molecule has 1 heterocycles. The van der Waals surface area contributed by atoms with Crippen molar-refractivity contribution in [3.05, 3.63) is 0 Å². The van der Waals surface area contributed by atoms with Crippen LogP contribution in [-0.2, 0) is 9.53 Å². The fourth-order valence-corrected chi connectivity index (χ4v) is 2.70. The number of morpholine rings is 1. The number of ether oxygens (including phenoxy) is 1. The summed E-state index contributed by atoms with van der Waals surface area (Å²) >= 11 is 0. The number of rotatable bonds is 7. The van der Waals surface area contributed by atoms with E-state index < -0.39 is 12.0 Å². The fourth-order valence-electron chi connectivity index (χ4n) is 2.70. The van der Waals surface area contributed by atoms with E-state index in [9.17, 15) is 9.90 Å². The lowest BCUT2D eigenvalue weighted by molar-refractivity contribution is -0.141. The zero-order valence-corrected chi connectivity index (χ0v) is 12.6. The molecule has 5 nitrogen and oxygen atoms in total. The van der Waals surface area contributed by atoms with E-state index in [0.29, 0.717) is 6.42 Å². The highest BCUT2D eigenvalue weighted by atomic mass is 16.5. The summed E-state index contributed by atoms with van der Waals surface area (Å²) in [6.07, 6.45) is 1.79. The monoisotopic (exact) mass is 272 g/mol. The molecule has 19 heavy (non-hydrogen) atoms. The number of hydrogen-bond donors (Lipinski definition) is 2. The van der Waals surface area contributed by atoms with Gasteiger partial charge in [-0.15, -0.1) is 0 Å². The number of hydrogen-bond acceptors (Lipinski definition) is 4. The van der Waals surface area contributed by atoms with Crippen LogP contribution in [0.15, 0.2) is 0 Å². The Morgan fingerprint density at radius 1 is 1.58 bits per heavy atom. The van der Waals surface area contributed by atoms with Crippen LogP contribution in [0.1, 0.15) is 40.5 Å². The minimum Gasteiger partial charge on any atom is -0.480 e. The van der Waals surface area contributed by atoms with Gasteiger partial charge in [-0.2, -0.15) is 0 Å². The Bertz CT molecular complexity index is 294. The lowest BCUT2D eigenvalue weighted by Gasteiger charge is -2.42. The summed E-state index contributed by atoms with van der Waals surface area (Å²) < 4.78 is 5.85. The second-order valence-corrected chi connectivity index (χ2v) is 6.06. The zero-order chi connectivity index (χ0) is 14.5. The van der Waals surface area contributed by atoms with Crippen molar-refractivity contribution in [2.75, 3.05) is 26.2 Å². The predicted molar refractivity (Wildman–Crippen MR) is 75.4 cm³/mol. The van der Waals surface area contributed by atoms with Crippen LogP contribution in [-0.4, -0.2) is 59.9 Å². The Kier molecular flexibility index (Phi) is 6.23. The maximum absolute atomic E-state index is 11.2. The smallest absolute Gasteiger partial charge is 0.320 e. The Hall–Kier alpha value is -0.650. The molecule has 0 aliphatic carbocycles. The van der Waals surface area contributed by atoms with Crippen molar-refractivity contribution in [1.82, 2.24) is 10.2 Å². The van der Waals surface area contributed by atoms with Gasteiger partial charge in [0.1, 0.15) is 6.04 Å². The maximum Gasteiger partial charge on any atom is 0.320 e. The van der Waals surface area contributed by atoms with E-state index >= 15 is 0 Å². The van der Waals surface area contributed by atoms with Crippen molar-refractivity contribution < 1.29 is 14.6 Å². The topological polar surface area (TPSA) is 61.8 Å². The molecule has 0 aromatic heterocycles. The van der Waals surface area contributed by atoms with E-state index in [1.54, 1.807) is 0 Å². The molecule has 1 rings (SSSR count). The molecule has 112 valence electrons. The molecule has 0 radical (unpaired) electrons.